The Morgan fingerprint density at radius 2 is 1.93 bits per heavy atom. The number of hydrogen-bond donors (Lipinski definition) is 0. The van der Waals surface area contributed by atoms with Crippen molar-refractivity contribution < 1.29 is 4.74 Å². The highest BCUT2D eigenvalue weighted by Crippen LogP contribution is 2.36. The molecule has 152 valence electrons. The van der Waals surface area contributed by atoms with Gasteiger partial charge in [0.2, 0.25) is 0 Å². The molecule has 3 rings (SSSR count). The van der Waals surface area contributed by atoms with Crippen molar-refractivity contribution >= 4 is 5.82 Å². The number of pyridine rings is 1. The van der Waals surface area contributed by atoms with E-state index in [0.717, 1.165) is 50.5 Å². The molecule has 0 saturated heterocycles. The molecule has 0 N–H and O–H groups in total. The topological polar surface area (TPSA) is 25.4 Å². The van der Waals surface area contributed by atoms with Gasteiger partial charge in [0.05, 0.1) is 12.3 Å². The lowest BCUT2D eigenvalue weighted by Crippen LogP contribution is -2.30. The highest BCUT2D eigenvalue weighted by atomic mass is 16.5. The summed E-state index contributed by atoms with van der Waals surface area (Å²) in [4.78, 5) is 7.70. The van der Waals surface area contributed by atoms with Crippen LogP contribution >= 0.6 is 0 Å². The first-order chi connectivity index (χ1) is 13.4. The molecular weight excluding hydrogens is 344 g/mol. The molecular formula is C25H36N2O. The van der Waals surface area contributed by atoms with Gasteiger partial charge in [-0.05, 0) is 72.9 Å². The van der Waals surface area contributed by atoms with E-state index in [1.54, 1.807) is 0 Å². The van der Waals surface area contributed by atoms with Crippen LogP contribution in [0.2, 0.25) is 0 Å². The maximum absolute atomic E-state index is 5.81. The Balaban J connectivity index is 2.06. The zero-order chi connectivity index (χ0) is 20.3. The summed E-state index contributed by atoms with van der Waals surface area (Å²) in [5.74, 6) is 3.21. The average molecular weight is 381 g/mol. The summed E-state index contributed by atoms with van der Waals surface area (Å²) in [7, 11) is 0. The van der Waals surface area contributed by atoms with Gasteiger partial charge in [0.15, 0.2) is 0 Å². The SMILES string of the molecule is CCCN(CC(C)C)c1nc(C(C)C)c(-c2ccc3c(c2)CCCO3)cc1C. The van der Waals surface area contributed by atoms with Crippen LogP contribution in [0.3, 0.4) is 0 Å². The van der Waals surface area contributed by atoms with Crippen molar-refractivity contribution in [1.29, 1.82) is 0 Å². The Morgan fingerprint density at radius 1 is 1.14 bits per heavy atom. The lowest BCUT2D eigenvalue weighted by Gasteiger charge is -2.28. The number of benzene rings is 1. The van der Waals surface area contributed by atoms with E-state index >= 15 is 0 Å². The maximum atomic E-state index is 5.81. The number of nitrogens with zero attached hydrogens (tertiary/aromatic N) is 2. The zero-order valence-electron chi connectivity index (χ0n) is 18.5. The number of rotatable bonds is 7. The first-order valence-electron chi connectivity index (χ1n) is 10.9. The van der Waals surface area contributed by atoms with Crippen molar-refractivity contribution in [3.63, 3.8) is 0 Å². The molecule has 0 aliphatic carbocycles. The van der Waals surface area contributed by atoms with Gasteiger partial charge in [-0.25, -0.2) is 4.98 Å². The fourth-order valence-corrected chi connectivity index (χ4v) is 4.13. The number of aromatic nitrogens is 1. The van der Waals surface area contributed by atoms with Crippen molar-refractivity contribution in [2.75, 3.05) is 24.6 Å². The van der Waals surface area contributed by atoms with Gasteiger partial charge in [0.1, 0.15) is 11.6 Å². The molecule has 0 spiro atoms. The standard InChI is InChI=1S/C25H36N2O/c1-7-12-27(16-17(2)3)25-19(6)14-22(24(26-25)18(4)5)20-10-11-23-21(15-20)9-8-13-28-23/h10-11,14-15,17-18H,7-9,12-13,16H2,1-6H3. The second-order valence-corrected chi connectivity index (χ2v) is 8.83. The fraction of sp³-hybridized carbons (Fsp3) is 0.560. The van der Waals surface area contributed by atoms with Gasteiger partial charge >= 0.3 is 0 Å². The molecule has 0 atom stereocenters. The Bertz CT molecular complexity index is 810. The summed E-state index contributed by atoms with van der Waals surface area (Å²) in [5, 5.41) is 0. The zero-order valence-corrected chi connectivity index (χ0v) is 18.5. The molecule has 3 heteroatoms. The van der Waals surface area contributed by atoms with E-state index < -0.39 is 0 Å². The molecule has 0 amide bonds. The Morgan fingerprint density at radius 3 is 2.61 bits per heavy atom. The van der Waals surface area contributed by atoms with E-state index in [0.29, 0.717) is 11.8 Å². The van der Waals surface area contributed by atoms with E-state index in [4.69, 9.17) is 9.72 Å². The van der Waals surface area contributed by atoms with Gasteiger partial charge in [-0.2, -0.15) is 0 Å². The molecule has 0 radical (unpaired) electrons. The number of hydrogen-bond acceptors (Lipinski definition) is 3. The largest absolute Gasteiger partial charge is 0.493 e. The smallest absolute Gasteiger partial charge is 0.131 e. The van der Waals surface area contributed by atoms with Gasteiger partial charge < -0.3 is 9.64 Å². The summed E-state index contributed by atoms with van der Waals surface area (Å²) in [6.45, 7) is 16.5. The molecule has 1 aliphatic heterocycles. The summed E-state index contributed by atoms with van der Waals surface area (Å²) < 4.78 is 5.81. The molecule has 28 heavy (non-hydrogen) atoms. The number of aryl methyl sites for hydroxylation is 2. The first-order valence-corrected chi connectivity index (χ1v) is 10.9. The quantitative estimate of drug-likeness (QED) is 0.557. The molecule has 1 aromatic heterocycles. The van der Waals surface area contributed by atoms with E-state index in [2.05, 4.69) is 70.7 Å². The van der Waals surface area contributed by atoms with Crippen LogP contribution in [-0.2, 0) is 6.42 Å². The Kier molecular flexibility index (Phi) is 6.64. The molecule has 0 saturated carbocycles. The molecule has 2 heterocycles. The van der Waals surface area contributed by atoms with Crippen LogP contribution < -0.4 is 9.64 Å². The first kappa shape index (κ1) is 20.7. The summed E-state index contributed by atoms with van der Waals surface area (Å²) in [5.41, 5.74) is 6.32. The van der Waals surface area contributed by atoms with E-state index in [1.165, 1.54) is 27.9 Å². The fourth-order valence-electron chi connectivity index (χ4n) is 4.13. The maximum Gasteiger partial charge on any atom is 0.131 e. The van der Waals surface area contributed by atoms with Crippen molar-refractivity contribution in [3.05, 3.63) is 41.1 Å². The highest BCUT2D eigenvalue weighted by Gasteiger charge is 2.19. The van der Waals surface area contributed by atoms with Crippen LogP contribution in [0.25, 0.3) is 11.1 Å². The lowest BCUT2D eigenvalue weighted by molar-refractivity contribution is 0.288. The normalized spacial score (nSPS) is 13.6. The third-order valence-electron chi connectivity index (χ3n) is 5.36. The van der Waals surface area contributed by atoms with E-state index in [9.17, 15) is 0 Å². The van der Waals surface area contributed by atoms with Crippen LogP contribution in [0.15, 0.2) is 24.3 Å². The molecule has 0 fully saturated rings. The number of ether oxygens (including phenoxy) is 1. The molecule has 1 aliphatic rings. The van der Waals surface area contributed by atoms with Crippen molar-refractivity contribution in [2.24, 2.45) is 5.92 Å². The van der Waals surface area contributed by atoms with Crippen molar-refractivity contribution in [2.45, 2.75) is 66.7 Å². The van der Waals surface area contributed by atoms with Crippen LogP contribution in [-0.4, -0.2) is 24.7 Å². The predicted octanol–water partition coefficient (Wildman–Crippen LogP) is 6.38. The average Bonchev–Trinajstić information content (AvgIpc) is 2.66. The Hall–Kier alpha value is -2.03. The monoisotopic (exact) mass is 380 g/mol. The van der Waals surface area contributed by atoms with Crippen LogP contribution in [0, 0.1) is 12.8 Å². The molecule has 0 bridgehead atoms. The van der Waals surface area contributed by atoms with Crippen LogP contribution in [0.1, 0.15) is 70.2 Å². The van der Waals surface area contributed by atoms with Gasteiger partial charge in [-0.1, -0.05) is 40.7 Å². The third-order valence-corrected chi connectivity index (χ3v) is 5.36. The minimum Gasteiger partial charge on any atom is -0.493 e. The summed E-state index contributed by atoms with van der Waals surface area (Å²) in [6.07, 6.45) is 3.34. The summed E-state index contributed by atoms with van der Waals surface area (Å²) in [6, 6.07) is 9.00. The van der Waals surface area contributed by atoms with Crippen molar-refractivity contribution in [3.8, 4) is 16.9 Å². The van der Waals surface area contributed by atoms with Crippen LogP contribution in [0.5, 0.6) is 5.75 Å². The number of fused-ring (bicyclic) bond motifs is 1. The van der Waals surface area contributed by atoms with E-state index in [1.807, 2.05) is 0 Å². The van der Waals surface area contributed by atoms with Crippen LogP contribution in [0.4, 0.5) is 5.82 Å². The third kappa shape index (κ3) is 4.51. The summed E-state index contributed by atoms with van der Waals surface area (Å²) >= 11 is 0. The molecule has 2 aromatic rings. The highest BCUT2D eigenvalue weighted by molar-refractivity contribution is 5.71. The molecule has 1 aromatic carbocycles. The second kappa shape index (κ2) is 8.98. The van der Waals surface area contributed by atoms with Gasteiger partial charge in [0, 0.05) is 18.7 Å². The lowest BCUT2D eigenvalue weighted by atomic mass is 9.93. The number of anilines is 1. The Labute approximate surface area is 171 Å². The van der Waals surface area contributed by atoms with Gasteiger partial charge in [0.25, 0.3) is 0 Å². The molecule has 3 nitrogen and oxygen atoms in total. The minimum atomic E-state index is 0.379. The van der Waals surface area contributed by atoms with Crippen molar-refractivity contribution in [1.82, 2.24) is 4.98 Å². The molecule has 0 unspecified atom stereocenters. The predicted molar refractivity (Wildman–Crippen MR) is 120 cm³/mol. The minimum absolute atomic E-state index is 0.379. The van der Waals surface area contributed by atoms with E-state index in [-0.39, 0.29) is 0 Å². The van der Waals surface area contributed by atoms with Gasteiger partial charge in [-0.15, -0.1) is 0 Å². The van der Waals surface area contributed by atoms with Gasteiger partial charge in [-0.3, -0.25) is 0 Å². The second-order valence-electron chi connectivity index (χ2n) is 8.83.